The summed E-state index contributed by atoms with van der Waals surface area (Å²) in [7, 11) is 0. The monoisotopic (exact) mass is 373 g/mol. The Morgan fingerprint density at radius 3 is 2.92 bits per heavy atom. The molecule has 0 saturated carbocycles. The largest absolute Gasteiger partial charge is 0.353 e. The number of nitrogens with one attached hydrogen (secondary N) is 3. The Balaban J connectivity index is 1.15. The predicted molar refractivity (Wildman–Crippen MR) is 104 cm³/mol. The van der Waals surface area contributed by atoms with E-state index < -0.39 is 0 Å². The van der Waals surface area contributed by atoms with Crippen molar-refractivity contribution >= 4 is 23.7 Å². The highest BCUT2D eigenvalue weighted by atomic mass is 32.2. The van der Waals surface area contributed by atoms with Gasteiger partial charge >= 0.3 is 6.03 Å². The van der Waals surface area contributed by atoms with E-state index in [1.807, 2.05) is 11.8 Å². The minimum atomic E-state index is -0.0290. The Morgan fingerprint density at radius 1 is 1.19 bits per heavy atom. The molecule has 0 radical (unpaired) electrons. The molecule has 2 aliphatic heterocycles. The van der Waals surface area contributed by atoms with Crippen molar-refractivity contribution in [1.82, 2.24) is 16.0 Å². The zero-order valence-electron chi connectivity index (χ0n) is 15.0. The third kappa shape index (κ3) is 4.00. The van der Waals surface area contributed by atoms with Gasteiger partial charge in [0.2, 0.25) is 5.91 Å². The smallest absolute Gasteiger partial charge is 0.315 e. The molecule has 26 heavy (non-hydrogen) atoms. The topological polar surface area (TPSA) is 70.2 Å². The number of carbonyl (C=O) groups excluding carboxylic acids is 2. The van der Waals surface area contributed by atoms with Crippen LogP contribution in [0.2, 0.25) is 0 Å². The van der Waals surface area contributed by atoms with E-state index in [4.69, 9.17) is 0 Å². The first-order valence-corrected chi connectivity index (χ1v) is 10.8. The number of benzene rings is 1. The Bertz CT molecular complexity index is 681. The van der Waals surface area contributed by atoms with E-state index in [1.54, 1.807) is 0 Å². The van der Waals surface area contributed by atoms with E-state index in [-0.39, 0.29) is 30.1 Å². The number of hydrogen-bond donors (Lipinski definition) is 3. The third-order valence-corrected chi connectivity index (χ3v) is 7.30. The van der Waals surface area contributed by atoms with Crippen molar-refractivity contribution in [2.75, 3.05) is 5.75 Å². The third-order valence-electron chi connectivity index (χ3n) is 5.79. The molecular weight excluding hydrogens is 346 g/mol. The Morgan fingerprint density at radius 2 is 2.04 bits per heavy atom. The number of amides is 3. The quantitative estimate of drug-likeness (QED) is 0.530. The van der Waals surface area contributed by atoms with E-state index >= 15 is 0 Å². The highest BCUT2D eigenvalue weighted by molar-refractivity contribution is 8.00. The lowest BCUT2D eigenvalue weighted by Crippen LogP contribution is -2.38. The van der Waals surface area contributed by atoms with Gasteiger partial charge in [-0.15, -0.1) is 0 Å². The zero-order valence-corrected chi connectivity index (χ0v) is 15.8. The molecule has 4 atom stereocenters. The molecule has 2 heterocycles. The molecule has 5 nitrogen and oxygen atoms in total. The predicted octanol–water partition coefficient (Wildman–Crippen LogP) is 2.39. The van der Waals surface area contributed by atoms with Gasteiger partial charge in [-0.05, 0) is 43.2 Å². The summed E-state index contributed by atoms with van der Waals surface area (Å²) >= 11 is 1.94. The number of thioether (sulfide) groups is 1. The van der Waals surface area contributed by atoms with Gasteiger partial charge in [-0.2, -0.15) is 11.8 Å². The first-order chi connectivity index (χ1) is 12.7. The summed E-state index contributed by atoms with van der Waals surface area (Å²) in [5.74, 6) is 1.18. The molecule has 140 valence electrons. The van der Waals surface area contributed by atoms with Crippen LogP contribution in [-0.4, -0.2) is 41.1 Å². The van der Waals surface area contributed by atoms with Crippen LogP contribution < -0.4 is 16.0 Å². The lowest BCUT2D eigenvalue weighted by Gasteiger charge is -2.25. The fourth-order valence-corrected chi connectivity index (χ4v) is 5.94. The maximum atomic E-state index is 12.3. The van der Waals surface area contributed by atoms with Crippen molar-refractivity contribution in [2.24, 2.45) is 0 Å². The van der Waals surface area contributed by atoms with E-state index in [9.17, 15) is 9.59 Å². The van der Waals surface area contributed by atoms with Gasteiger partial charge in [-0.25, -0.2) is 4.79 Å². The highest BCUT2D eigenvalue weighted by Gasteiger charge is 2.42. The number of urea groups is 1. The SMILES string of the molecule is O=C(CCCC[C@@H]1SC[C@@H]2NC(=O)N[C@@H]21)NC1CCc2ccccc2C1. The first-order valence-electron chi connectivity index (χ1n) is 9.74. The van der Waals surface area contributed by atoms with Gasteiger partial charge in [0, 0.05) is 23.5 Å². The summed E-state index contributed by atoms with van der Waals surface area (Å²) in [6.45, 7) is 0. The molecule has 1 unspecified atom stereocenters. The number of unbranched alkanes of at least 4 members (excludes halogenated alkanes) is 1. The van der Waals surface area contributed by atoms with Crippen molar-refractivity contribution in [2.45, 2.75) is 68.3 Å². The molecule has 1 aromatic carbocycles. The van der Waals surface area contributed by atoms with Crippen LogP contribution in [0, 0.1) is 0 Å². The fraction of sp³-hybridized carbons (Fsp3) is 0.600. The average Bonchev–Trinajstić information content (AvgIpc) is 3.18. The lowest BCUT2D eigenvalue weighted by atomic mass is 9.88. The van der Waals surface area contributed by atoms with Crippen LogP contribution >= 0.6 is 11.8 Å². The summed E-state index contributed by atoms with van der Waals surface area (Å²) in [6.07, 6.45) is 6.69. The second-order valence-corrected chi connectivity index (χ2v) is 8.92. The van der Waals surface area contributed by atoms with Crippen LogP contribution in [0.3, 0.4) is 0 Å². The number of carbonyl (C=O) groups is 2. The van der Waals surface area contributed by atoms with Gasteiger partial charge in [0.25, 0.3) is 0 Å². The first kappa shape index (κ1) is 17.7. The molecule has 3 amide bonds. The van der Waals surface area contributed by atoms with Crippen molar-refractivity contribution in [3.8, 4) is 0 Å². The summed E-state index contributed by atoms with van der Waals surface area (Å²) in [6, 6.07) is 9.35. The maximum absolute atomic E-state index is 12.3. The van der Waals surface area contributed by atoms with Crippen LogP contribution in [0.4, 0.5) is 4.79 Å². The minimum Gasteiger partial charge on any atom is -0.353 e. The second-order valence-electron chi connectivity index (χ2n) is 7.64. The molecule has 0 bridgehead atoms. The molecule has 1 aromatic rings. The van der Waals surface area contributed by atoms with Crippen LogP contribution in [0.15, 0.2) is 24.3 Å². The molecule has 4 rings (SSSR count). The molecule has 6 heteroatoms. The number of hydrogen-bond acceptors (Lipinski definition) is 3. The molecule has 2 saturated heterocycles. The fourth-order valence-electron chi connectivity index (χ4n) is 4.39. The van der Waals surface area contributed by atoms with E-state index in [1.165, 1.54) is 11.1 Å². The normalized spacial score (nSPS) is 29.5. The van der Waals surface area contributed by atoms with E-state index in [0.717, 1.165) is 44.3 Å². The van der Waals surface area contributed by atoms with Crippen LogP contribution in [0.25, 0.3) is 0 Å². The van der Waals surface area contributed by atoms with Gasteiger partial charge in [0.15, 0.2) is 0 Å². The summed E-state index contributed by atoms with van der Waals surface area (Å²) in [5.41, 5.74) is 2.81. The van der Waals surface area contributed by atoms with Gasteiger partial charge in [0.1, 0.15) is 0 Å². The summed E-state index contributed by atoms with van der Waals surface area (Å²) in [4.78, 5) is 23.7. The molecular formula is C20H27N3O2S. The van der Waals surface area contributed by atoms with Gasteiger partial charge in [0.05, 0.1) is 12.1 Å². The van der Waals surface area contributed by atoms with Crippen molar-refractivity contribution in [3.05, 3.63) is 35.4 Å². The number of rotatable bonds is 6. The lowest BCUT2D eigenvalue weighted by molar-refractivity contribution is -0.122. The molecule has 0 aromatic heterocycles. The van der Waals surface area contributed by atoms with Crippen LogP contribution in [-0.2, 0) is 17.6 Å². The van der Waals surface area contributed by atoms with Crippen LogP contribution in [0.1, 0.15) is 43.2 Å². The van der Waals surface area contributed by atoms with Gasteiger partial charge < -0.3 is 16.0 Å². The maximum Gasteiger partial charge on any atom is 0.315 e. The molecule has 3 aliphatic rings. The Hall–Kier alpha value is -1.69. The van der Waals surface area contributed by atoms with E-state index in [0.29, 0.717) is 11.7 Å². The molecule has 0 spiro atoms. The number of aryl methyl sites for hydroxylation is 1. The van der Waals surface area contributed by atoms with Crippen LogP contribution in [0.5, 0.6) is 0 Å². The molecule has 1 aliphatic carbocycles. The van der Waals surface area contributed by atoms with Gasteiger partial charge in [-0.1, -0.05) is 30.7 Å². The van der Waals surface area contributed by atoms with Crippen molar-refractivity contribution < 1.29 is 9.59 Å². The Labute approximate surface area is 159 Å². The van der Waals surface area contributed by atoms with Gasteiger partial charge in [-0.3, -0.25) is 4.79 Å². The minimum absolute atomic E-state index is 0.0290. The standard InChI is InChI=1S/C20H27N3O2S/c24-18(21-15-10-9-13-5-1-2-6-14(13)11-15)8-4-3-7-17-19-16(12-26-17)22-20(25)23-19/h1-2,5-6,15-17,19H,3-4,7-12H2,(H,21,24)(H2,22,23,25)/t15?,16-,17-,19-/m0/s1. The van der Waals surface area contributed by atoms with Crippen molar-refractivity contribution in [1.29, 1.82) is 0 Å². The Kier molecular flexibility index (Phi) is 5.38. The number of fused-ring (bicyclic) bond motifs is 2. The van der Waals surface area contributed by atoms with Crippen molar-refractivity contribution in [3.63, 3.8) is 0 Å². The van der Waals surface area contributed by atoms with E-state index in [2.05, 4.69) is 40.2 Å². The summed E-state index contributed by atoms with van der Waals surface area (Å²) in [5, 5.41) is 9.70. The zero-order chi connectivity index (χ0) is 17.9. The average molecular weight is 374 g/mol. The summed E-state index contributed by atoms with van der Waals surface area (Å²) < 4.78 is 0. The highest BCUT2D eigenvalue weighted by Crippen LogP contribution is 2.33. The molecule has 3 N–H and O–H groups in total. The second kappa shape index (κ2) is 7.91. The molecule has 2 fully saturated rings.